The normalized spacial score (nSPS) is 11.4. The van der Waals surface area contributed by atoms with Crippen LogP contribution in [0.15, 0.2) is 24.4 Å². The first-order valence-electron chi connectivity index (χ1n) is 6.04. The molecule has 0 aliphatic heterocycles. The van der Waals surface area contributed by atoms with Crippen LogP contribution in [0.4, 0.5) is 0 Å². The second-order valence-corrected chi connectivity index (χ2v) is 4.60. The highest BCUT2D eigenvalue weighted by molar-refractivity contribution is 5.85. The van der Waals surface area contributed by atoms with Crippen LogP contribution in [0.2, 0.25) is 0 Å². The van der Waals surface area contributed by atoms with Crippen LogP contribution >= 0.6 is 0 Å². The first kappa shape index (κ1) is 12.0. The Kier molecular flexibility index (Phi) is 3.38. The minimum Gasteiger partial charge on any atom is -0.497 e. The summed E-state index contributed by atoms with van der Waals surface area (Å²) in [6.45, 7) is 5.92. The Morgan fingerprint density at radius 1 is 1.35 bits per heavy atom. The molecular formula is C14H20N2O. The average Bonchev–Trinajstić information content (AvgIpc) is 2.68. The van der Waals surface area contributed by atoms with Gasteiger partial charge in [0.05, 0.1) is 12.6 Å². The predicted molar refractivity (Wildman–Crippen MR) is 71.6 cm³/mol. The summed E-state index contributed by atoms with van der Waals surface area (Å²) in [6.07, 6.45) is 2.21. The Labute approximate surface area is 102 Å². The molecule has 1 aromatic heterocycles. The molecule has 0 aliphatic carbocycles. The van der Waals surface area contributed by atoms with Crippen LogP contribution in [0.5, 0.6) is 5.75 Å². The van der Waals surface area contributed by atoms with Crippen molar-refractivity contribution in [2.75, 3.05) is 13.7 Å². The monoisotopic (exact) mass is 232 g/mol. The zero-order valence-electron chi connectivity index (χ0n) is 10.7. The highest BCUT2D eigenvalue weighted by atomic mass is 16.5. The van der Waals surface area contributed by atoms with Gasteiger partial charge in [0.15, 0.2) is 0 Å². The SMILES string of the molecule is COc1ccc2c(C(C)C)cn(CCN)c2c1. The summed E-state index contributed by atoms with van der Waals surface area (Å²) in [5.74, 6) is 1.41. The largest absolute Gasteiger partial charge is 0.497 e. The predicted octanol–water partition coefficient (Wildman–Crippen LogP) is 2.73. The number of hydrogen-bond acceptors (Lipinski definition) is 2. The van der Waals surface area contributed by atoms with Crippen molar-refractivity contribution in [3.8, 4) is 5.75 Å². The fraction of sp³-hybridized carbons (Fsp3) is 0.429. The fourth-order valence-electron chi connectivity index (χ4n) is 2.21. The number of ether oxygens (including phenoxy) is 1. The molecule has 0 saturated heterocycles. The van der Waals surface area contributed by atoms with Crippen molar-refractivity contribution in [2.45, 2.75) is 26.3 Å². The molecule has 0 bridgehead atoms. The topological polar surface area (TPSA) is 40.2 Å². The van der Waals surface area contributed by atoms with E-state index in [1.165, 1.54) is 16.5 Å². The fourth-order valence-corrected chi connectivity index (χ4v) is 2.21. The molecule has 0 unspecified atom stereocenters. The van der Waals surface area contributed by atoms with Crippen molar-refractivity contribution >= 4 is 10.9 Å². The van der Waals surface area contributed by atoms with Crippen molar-refractivity contribution in [3.63, 3.8) is 0 Å². The Morgan fingerprint density at radius 3 is 2.71 bits per heavy atom. The highest BCUT2D eigenvalue weighted by Crippen LogP contribution is 2.30. The van der Waals surface area contributed by atoms with Crippen LogP contribution in [0.1, 0.15) is 25.3 Å². The van der Waals surface area contributed by atoms with Crippen LogP contribution in [0, 0.1) is 0 Å². The molecule has 92 valence electrons. The summed E-state index contributed by atoms with van der Waals surface area (Å²) in [5.41, 5.74) is 8.23. The van der Waals surface area contributed by atoms with Crippen molar-refractivity contribution in [1.29, 1.82) is 0 Å². The number of methoxy groups -OCH3 is 1. The average molecular weight is 232 g/mol. The minimum absolute atomic E-state index is 0.518. The van der Waals surface area contributed by atoms with Crippen molar-refractivity contribution < 1.29 is 4.74 Å². The quantitative estimate of drug-likeness (QED) is 0.880. The van der Waals surface area contributed by atoms with E-state index in [1.54, 1.807) is 7.11 Å². The molecule has 0 aliphatic rings. The summed E-state index contributed by atoms with van der Waals surface area (Å²) < 4.78 is 7.50. The number of aromatic nitrogens is 1. The van der Waals surface area contributed by atoms with Crippen molar-refractivity contribution in [2.24, 2.45) is 5.73 Å². The third kappa shape index (κ3) is 2.15. The van der Waals surface area contributed by atoms with Gasteiger partial charge >= 0.3 is 0 Å². The van der Waals surface area contributed by atoms with E-state index in [-0.39, 0.29) is 0 Å². The van der Waals surface area contributed by atoms with Gasteiger partial charge in [-0.05, 0) is 23.6 Å². The van der Waals surface area contributed by atoms with E-state index in [4.69, 9.17) is 10.5 Å². The van der Waals surface area contributed by atoms with E-state index in [2.05, 4.69) is 36.7 Å². The van der Waals surface area contributed by atoms with Gasteiger partial charge in [-0.3, -0.25) is 0 Å². The van der Waals surface area contributed by atoms with Crippen LogP contribution in [-0.4, -0.2) is 18.2 Å². The van der Waals surface area contributed by atoms with E-state index < -0.39 is 0 Å². The van der Waals surface area contributed by atoms with Crippen molar-refractivity contribution in [1.82, 2.24) is 4.57 Å². The van der Waals surface area contributed by atoms with Gasteiger partial charge in [0.1, 0.15) is 5.75 Å². The molecule has 3 nitrogen and oxygen atoms in total. The molecule has 2 aromatic rings. The summed E-state index contributed by atoms with van der Waals surface area (Å²) in [6, 6.07) is 6.23. The second-order valence-electron chi connectivity index (χ2n) is 4.60. The lowest BCUT2D eigenvalue weighted by Gasteiger charge is -2.04. The lowest BCUT2D eigenvalue weighted by Crippen LogP contribution is -2.08. The third-order valence-corrected chi connectivity index (χ3v) is 3.11. The maximum Gasteiger partial charge on any atom is 0.120 e. The van der Waals surface area contributed by atoms with E-state index in [9.17, 15) is 0 Å². The van der Waals surface area contributed by atoms with Gasteiger partial charge in [0.25, 0.3) is 0 Å². The molecule has 2 N–H and O–H groups in total. The molecule has 17 heavy (non-hydrogen) atoms. The van der Waals surface area contributed by atoms with Gasteiger partial charge in [0.2, 0.25) is 0 Å². The Balaban J connectivity index is 2.63. The summed E-state index contributed by atoms with van der Waals surface area (Å²) in [7, 11) is 1.70. The second kappa shape index (κ2) is 4.80. The molecule has 0 saturated carbocycles. The number of nitrogens with two attached hydrogens (primary N) is 1. The number of hydrogen-bond donors (Lipinski definition) is 1. The Bertz CT molecular complexity index is 514. The number of benzene rings is 1. The van der Waals surface area contributed by atoms with Gasteiger partial charge in [-0.25, -0.2) is 0 Å². The highest BCUT2D eigenvalue weighted by Gasteiger charge is 2.11. The van der Waals surface area contributed by atoms with Gasteiger partial charge in [-0.1, -0.05) is 13.8 Å². The summed E-state index contributed by atoms with van der Waals surface area (Å²) in [4.78, 5) is 0. The minimum atomic E-state index is 0.518. The first-order chi connectivity index (χ1) is 8.17. The molecule has 2 rings (SSSR count). The Morgan fingerprint density at radius 2 is 2.12 bits per heavy atom. The van der Waals surface area contributed by atoms with Crippen LogP contribution in [0.3, 0.4) is 0 Å². The van der Waals surface area contributed by atoms with Crippen LogP contribution < -0.4 is 10.5 Å². The standard InChI is InChI=1S/C14H20N2O/c1-10(2)13-9-16(7-6-15)14-8-11(17-3)4-5-12(13)14/h4-5,8-10H,6-7,15H2,1-3H3. The lowest BCUT2D eigenvalue weighted by atomic mass is 10.0. The van der Waals surface area contributed by atoms with Gasteiger partial charge in [-0.2, -0.15) is 0 Å². The number of rotatable bonds is 4. The zero-order valence-corrected chi connectivity index (χ0v) is 10.7. The van der Waals surface area contributed by atoms with Gasteiger partial charge in [-0.15, -0.1) is 0 Å². The van der Waals surface area contributed by atoms with Crippen LogP contribution in [0.25, 0.3) is 10.9 Å². The molecule has 3 heteroatoms. The zero-order chi connectivity index (χ0) is 12.4. The van der Waals surface area contributed by atoms with E-state index in [0.717, 1.165) is 12.3 Å². The van der Waals surface area contributed by atoms with Gasteiger partial charge < -0.3 is 15.0 Å². The van der Waals surface area contributed by atoms with Crippen LogP contribution in [-0.2, 0) is 6.54 Å². The third-order valence-electron chi connectivity index (χ3n) is 3.11. The van der Waals surface area contributed by atoms with E-state index >= 15 is 0 Å². The molecule has 0 spiro atoms. The molecule has 0 amide bonds. The molecule has 0 radical (unpaired) electrons. The smallest absolute Gasteiger partial charge is 0.120 e. The van der Waals surface area contributed by atoms with Crippen molar-refractivity contribution in [3.05, 3.63) is 30.0 Å². The Hall–Kier alpha value is -1.48. The number of fused-ring (bicyclic) bond motifs is 1. The van der Waals surface area contributed by atoms with E-state index in [0.29, 0.717) is 12.5 Å². The molecule has 0 fully saturated rings. The van der Waals surface area contributed by atoms with Gasteiger partial charge in [0, 0.05) is 30.7 Å². The molecule has 1 aromatic carbocycles. The molecular weight excluding hydrogens is 212 g/mol. The number of nitrogens with zero attached hydrogens (tertiary/aromatic N) is 1. The maximum absolute atomic E-state index is 5.66. The van der Waals surface area contributed by atoms with E-state index in [1.807, 2.05) is 6.07 Å². The summed E-state index contributed by atoms with van der Waals surface area (Å²) >= 11 is 0. The molecule has 0 atom stereocenters. The maximum atomic E-state index is 5.66. The molecule has 1 heterocycles. The summed E-state index contributed by atoms with van der Waals surface area (Å²) in [5, 5.41) is 1.30. The lowest BCUT2D eigenvalue weighted by molar-refractivity contribution is 0.415. The first-order valence-corrected chi connectivity index (χ1v) is 6.04.